The van der Waals surface area contributed by atoms with Gasteiger partial charge in [-0.05, 0) is 12.0 Å². The van der Waals surface area contributed by atoms with Gasteiger partial charge < -0.3 is 15.0 Å². The van der Waals surface area contributed by atoms with Gasteiger partial charge in [-0.15, -0.1) is 0 Å². The second-order valence-corrected chi connectivity index (χ2v) is 6.34. The Labute approximate surface area is 156 Å². The average Bonchev–Trinajstić information content (AvgIpc) is 3.16. The summed E-state index contributed by atoms with van der Waals surface area (Å²) >= 11 is 5.92. The SMILES string of the molecule is O=C(NCc1nccnc1Cl)C1CCN(C(=O)OCc2ccccc2)C1. The molecule has 0 aliphatic carbocycles. The van der Waals surface area contributed by atoms with E-state index in [0.29, 0.717) is 25.2 Å². The zero-order valence-electron chi connectivity index (χ0n) is 14.1. The van der Waals surface area contributed by atoms with Gasteiger partial charge in [-0.25, -0.2) is 9.78 Å². The van der Waals surface area contributed by atoms with Crippen molar-refractivity contribution in [1.29, 1.82) is 0 Å². The molecule has 26 heavy (non-hydrogen) atoms. The molecule has 1 aromatic carbocycles. The molecule has 3 rings (SSSR count). The predicted octanol–water partition coefficient (Wildman–Crippen LogP) is 2.40. The van der Waals surface area contributed by atoms with Crippen LogP contribution < -0.4 is 5.32 Å². The van der Waals surface area contributed by atoms with Crippen molar-refractivity contribution in [3.63, 3.8) is 0 Å². The zero-order chi connectivity index (χ0) is 18.4. The van der Waals surface area contributed by atoms with Gasteiger partial charge in [0.25, 0.3) is 0 Å². The van der Waals surface area contributed by atoms with E-state index >= 15 is 0 Å². The van der Waals surface area contributed by atoms with E-state index in [1.807, 2.05) is 30.3 Å². The summed E-state index contributed by atoms with van der Waals surface area (Å²) in [6.07, 6.45) is 3.21. The lowest BCUT2D eigenvalue weighted by molar-refractivity contribution is -0.124. The molecule has 0 saturated carbocycles. The number of carbonyl (C=O) groups excluding carboxylic acids is 2. The van der Waals surface area contributed by atoms with Crippen molar-refractivity contribution < 1.29 is 14.3 Å². The van der Waals surface area contributed by atoms with Crippen LogP contribution in [-0.4, -0.2) is 40.0 Å². The van der Waals surface area contributed by atoms with Crippen LogP contribution in [0.5, 0.6) is 0 Å². The average molecular weight is 375 g/mol. The summed E-state index contributed by atoms with van der Waals surface area (Å²) in [4.78, 5) is 34.0. The summed E-state index contributed by atoms with van der Waals surface area (Å²) in [5.41, 5.74) is 1.44. The molecule has 1 unspecified atom stereocenters. The van der Waals surface area contributed by atoms with Crippen molar-refractivity contribution in [2.24, 2.45) is 5.92 Å². The summed E-state index contributed by atoms with van der Waals surface area (Å²) in [6, 6.07) is 9.48. The van der Waals surface area contributed by atoms with E-state index in [1.165, 1.54) is 12.4 Å². The molecule has 0 radical (unpaired) electrons. The van der Waals surface area contributed by atoms with E-state index in [9.17, 15) is 9.59 Å². The van der Waals surface area contributed by atoms with Crippen molar-refractivity contribution in [2.75, 3.05) is 13.1 Å². The molecule has 1 aliphatic rings. The van der Waals surface area contributed by atoms with E-state index in [1.54, 1.807) is 4.90 Å². The number of carbonyl (C=O) groups is 2. The molecule has 1 aliphatic heterocycles. The Kier molecular flexibility index (Phi) is 6.01. The molecular formula is C18H19ClN4O3. The van der Waals surface area contributed by atoms with E-state index in [4.69, 9.17) is 16.3 Å². The number of ether oxygens (including phenoxy) is 1. The number of rotatable bonds is 5. The molecule has 136 valence electrons. The summed E-state index contributed by atoms with van der Waals surface area (Å²) in [5, 5.41) is 3.06. The number of benzene rings is 1. The Morgan fingerprint density at radius 2 is 2.00 bits per heavy atom. The van der Waals surface area contributed by atoms with Gasteiger partial charge in [0.15, 0.2) is 5.15 Å². The third-order valence-electron chi connectivity index (χ3n) is 4.18. The zero-order valence-corrected chi connectivity index (χ0v) is 14.9. The Morgan fingerprint density at radius 3 is 2.77 bits per heavy atom. The number of amides is 2. The summed E-state index contributed by atoms with van der Waals surface area (Å²) in [7, 11) is 0. The fourth-order valence-electron chi connectivity index (χ4n) is 2.73. The maximum absolute atomic E-state index is 12.3. The minimum atomic E-state index is -0.402. The molecule has 8 heteroatoms. The molecule has 0 spiro atoms. The summed E-state index contributed by atoms with van der Waals surface area (Å²) < 4.78 is 5.30. The van der Waals surface area contributed by atoms with Crippen molar-refractivity contribution in [3.05, 3.63) is 59.1 Å². The standard InChI is InChI=1S/C18H19ClN4O3/c19-16-15(20-7-8-21-16)10-22-17(24)14-6-9-23(11-14)18(25)26-12-13-4-2-1-3-5-13/h1-5,7-8,14H,6,9-12H2,(H,22,24). The third-order valence-corrected chi connectivity index (χ3v) is 4.49. The smallest absolute Gasteiger partial charge is 0.410 e. The fourth-order valence-corrected chi connectivity index (χ4v) is 2.91. The molecule has 2 heterocycles. The van der Waals surface area contributed by atoms with Gasteiger partial charge in [0, 0.05) is 25.5 Å². The first-order chi connectivity index (χ1) is 12.6. The lowest BCUT2D eigenvalue weighted by Crippen LogP contribution is -2.34. The van der Waals surface area contributed by atoms with E-state index in [-0.39, 0.29) is 30.1 Å². The van der Waals surface area contributed by atoms with Crippen LogP contribution in [0.4, 0.5) is 4.79 Å². The number of nitrogens with zero attached hydrogens (tertiary/aromatic N) is 3. The predicted molar refractivity (Wildman–Crippen MR) is 95.2 cm³/mol. The largest absolute Gasteiger partial charge is 0.445 e. The van der Waals surface area contributed by atoms with E-state index in [0.717, 1.165) is 5.56 Å². The van der Waals surface area contributed by atoms with Crippen LogP contribution >= 0.6 is 11.6 Å². The number of halogens is 1. The fraction of sp³-hybridized carbons (Fsp3) is 0.333. The van der Waals surface area contributed by atoms with Gasteiger partial charge in [-0.2, -0.15) is 0 Å². The number of nitrogens with one attached hydrogen (secondary N) is 1. The number of hydrogen-bond donors (Lipinski definition) is 1. The highest BCUT2D eigenvalue weighted by molar-refractivity contribution is 6.29. The van der Waals surface area contributed by atoms with Crippen LogP contribution in [0.1, 0.15) is 17.7 Å². The third kappa shape index (κ3) is 4.70. The van der Waals surface area contributed by atoms with E-state index < -0.39 is 6.09 Å². The second kappa shape index (κ2) is 8.62. The maximum Gasteiger partial charge on any atom is 0.410 e. The van der Waals surface area contributed by atoms with Crippen molar-refractivity contribution in [1.82, 2.24) is 20.2 Å². The minimum absolute atomic E-state index is 0.134. The number of aromatic nitrogens is 2. The van der Waals surface area contributed by atoms with Gasteiger partial charge in [0.2, 0.25) is 5.91 Å². The molecule has 2 aromatic rings. The van der Waals surface area contributed by atoms with E-state index in [2.05, 4.69) is 15.3 Å². The first-order valence-electron chi connectivity index (χ1n) is 8.32. The van der Waals surface area contributed by atoms with Gasteiger partial charge in [-0.1, -0.05) is 41.9 Å². The van der Waals surface area contributed by atoms with Crippen LogP contribution in [0.15, 0.2) is 42.7 Å². The highest BCUT2D eigenvalue weighted by atomic mass is 35.5. The number of likely N-dealkylation sites (tertiary alicyclic amines) is 1. The Balaban J connectivity index is 1.44. The highest BCUT2D eigenvalue weighted by Crippen LogP contribution is 2.18. The van der Waals surface area contributed by atoms with Crippen LogP contribution in [0.25, 0.3) is 0 Å². The molecule has 1 saturated heterocycles. The Bertz CT molecular complexity index is 772. The van der Waals surface area contributed by atoms with Crippen LogP contribution in [0, 0.1) is 5.92 Å². The summed E-state index contributed by atoms with van der Waals surface area (Å²) in [5.74, 6) is -0.403. The molecule has 1 fully saturated rings. The monoisotopic (exact) mass is 374 g/mol. The molecular weight excluding hydrogens is 356 g/mol. The normalized spacial score (nSPS) is 16.3. The lowest BCUT2D eigenvalue weighted by Gasteiger charge is -2.16. The van der Waals surface area contributed by atoms with Crippen LogP contribution in [-0.2, 0) is 22.7 Å². The second-order valence-electron chi connectivity index (χ2n) is 5.98. The van der Waals surface area contributed by atoms with Crippen LogP contribution in [0.2, 0.25) is 5.15 Å². The van der Waals surface area contributed by atoms with Gasteiger partial charge in [0.1, 0.15) is 6.61 Å². The van der Waals surface area contributed by atoms with Gasteiger partial charge in [0.05, 0.1) is 18.2 Å². The molecule has 0 bridgehead atoms. The minimum Gasteiger partial charge on any atom is -0.445 e. The number of hydrogen-bond acceptors (Lipinski definition) is 5. The topological polar surface area (TPSA) is 84.4 Å². The molecule has 1 atom stereocenters. The quantitative estimate of drug-likeness (QED) is 0.868. The van der Waals surface area contributed by atoms with Crippen LogP contribution in [0.3, 0.4) is 0 Å². The highest BCUT2D eigenvalue weighted by Gasteiger charge is 2.31. The first-order valence-corrected chi connectivity index (χ1v) is 8.70. The van der Waals surface area contributed by atoms with Crippen molar-refractivity contribution in [3.8, 4) is 0 Å². The first kappa shape index (κ1) is 18.1. The van der Waals surface area contributed by atoms with Crippen molar-refractivity contribution >= 4 is 23.6 Å². The van der Waals surface area contributed by atoms with Gasteiger partial charge in [-0.3, -0.25) is 9.78 Å². The maximum atomic E-state index is 12.3. The lowest BCUT2D eigenvalue weighted by atomic mass is 10.1. The molecule has 2 amide bonds. The Morgan fingerprint density at radius 1 is 1.23 bits per heavy atom. The summed E-state index contributed by atoms with van der Waals surface area (Å²) in [6.45, 7) is 1.27. The van der Waals surface area contributed by atoms with Gasteiger partial charge >= 0.3 is 6.09 Å². The molecule has 1 aromatic heterocycles. The molecule has 7 nitrogen and oxygen atoms in total. The van der Waals surface area contributed by atoms with Crippen molar-refractivity contribution in [2.45, 2.75) is 19.6 Å². The molecule has 1 N–H and O–H groups in total. The Hall–Kier alpha value is -2.67.